The maximum absolute atomic E-state index is 13.5. The second kappa shape index (κ2) is 4.80. The van der Waals surface area contributed by atoms with E-state index in [2.05, 4.69) is 0 Å². The van der Waals surface area contributed by atoms with Gasteiger partial charge in [0, 0.05) is 11.1 Å². The molecule has 19 heavy (non-hydrogen) atoms. The lowest BCUT2D eigenvalue weighted by atomic mass is 9.98. The van der Waals surface area contributed by atoms with Crippen LogP contribution in [0.5, 0.6) is 0 Å². The molecule has 2 aromatic rings. The Morgan fingerprint density at radius 3 is 2.11 bits per heavy atom. The van der Waals surface area contributed by atoms with Gasteiger partial charge in [-0.3, -0.25) is 4.79 Å². The van der Waals surface area contributed by atoms with Gasteiger partial charge in [-0.1, -0.05) is 0 Å². The lowest BCUT2D eigenvalue weighted by Gasteiger charge is -2.07. The van der Waals surface area contributed by atoms with Crippen LogP contribution in [0.3, 0.4) is 0 Å². The molecule has 4 heteroatoms. The highest BCUT2D eigenvalue weighted by atomic mass is 19.1. The van der Waals surface area contributed by atoms with E-state index in [1.807, 2.05) is 0 Å². The molecule has 0 amide bonds. The fourth-order valence-corrected chi connectivity index (χ4v) is 1.91. The minimum absolute atomic E-state index is 0.0111. The molecule has 0 aliphatic carbocycles. The van der Waals surface area contributed by atoms with E-state index in [4.69, 9.17) is 5.73 Å². The SMILES string of the molecule is Cc1cc(C(=O)c2ccc(N)c(F)c2)cc(C)c1F. The number of hydrogen-bond acceptors (Lipinski definition) is 2. The van der Waals surface area contributed by atoms with Crippen LogP contribution in [-0.4, -0.2) is 5.78 Å². The van der Waals surface area contributed by atoms with Crippen molar-refractivity contribution in [2.75, 3.05) is 5.73 Å². The van der Waals surface area contributed by atoms with Gasteiger partial charge < -0.3 is 5.73 Å². The van der Waals surface area contributed by atoms with E-state index in [0.717, 1.165) is 6.07 Å². The molecule has 0 aliphatic rings. The Bertz CT molecular complexity index is 642. The maximum Gasteiger partial charge on any atom is 0.193 e. The first-order valence-electron chi connectivity index (χ1n) is 5.76. The van der Waals surface area contributed by atoms with E-state index in [-0.39, 0.29) is 22.9 Å². The summed E-state index contributed by atoms with van der Waals surface area (Å²) >= 11 is 0. The number of nitrogen functional groups attached to an aromatic ring is 1. The molecule has 0 aromatic heterocycles. The summed E-state index contributed by atoms with van der Waals surface area (Å²) in [5.74, 6) is -1.33. The zero-order chi connectivity index (χ0) is 14.2. The minimum Gasteiger partial charge on any atom is -0.396 e. The van der Waals surface area contributed by atoms with E-state index in [1.165, 1.54) is 24.3 Å². The summed E-state index contributed by atoms with van der Waals surface area (Å²) in [6.45, 7) is 3.17. The molecule has 0 atom stereocenters. The Morgan fingerprint density at radius 2 is 1.58 bits per heavy atom. The van der Waals surface area contributed by atoms with E-state index in [0.29, 0.717) is 16.7 Å². The Morgan fingerprint density at radius 1 is 1.00 bits per heavy atom. The van der Waals surface area contributed by atoms with Crippen molar-refractivity contribution >= 4 is 11.5 Å². The van der Waals surface area contributed by atoms with Crippen molar-refractivity contribution in [3.8, 4) is 0 Å². The quantitative estimate of drug-likeness (QED) is 0.665. The van der Waals surface area contributed by atoms with Crippen LogP contribution < -0.4 is 5.73 Å². The summed E-state index contributed by atoms with van der Waals surface area (Å²) in [5, 5.41) is 0. The number of aryl methyl sites for hydroxylation is 2. The third-order valence-corrected chi connectivity index (χ3v) is 2.96. The van der Waals surface area contributed by atoms with Gasteiger partial charge in [-0.05, 0) is 55.3 Å². The van der Waals surface area contributed by atoms with E-state index >= 15 is 0 Å². The Balaban J connectivity index is 2.47. The van der Waals surface area contributed by atoms with Crippen molar-refractivity contribution in [3.63, 3.8) is 0 Å². The molecule has 0 spiro atoms. The summed E-state index contributed by atoms with van der Waals surface area (Å²) in [7, 11) is 0. The smallest absolute Gasteiger partial charge is 0.193 e. The summed E-state index contributed by atoms with van der Waals surface area (Å²) in [6.07, 6.45) is 0. The molecule has 98 valence electrons. The third kappa shape index (κ3) is 2.47. The fraction of sp³-hybridized carbons (Fsp3) is 0.133. The van der Waals surface area contributed by atoms with Gasteiger partial charge in [0.25, 0.3) is 0 Å². The lowest BCUT2D eigenvalue weighted by molar-refractivity contribution is 0.103. The number of nitrogens with two attached hydrogens (primary N) is 1. The van der Waals surface area contributed by atoms with Crippen LogP contribution in [0.2, 0.25) is 0 Å². The zero-order valence-electron chi connectivity index (χ0n) is 10.6. The first-order valence-corrected chi connectivity index (χ1v) is 5.76. The summed E-state index contributed by atoms with van der Waals surface area (Å²) in [4.78, 5) is 12.2. The molecule has 0 aliphatic heterocycles. The maximum atomic E-state index is 13.5. The van der Waals surface area contributed by atoms with E-state index in [9.17, 15) is 13.6 Å². The van der Waals surface area contributed by atoms with Crippen LogP contribution in [0.4, 0.5) is 14.5 Å². The van der Waals surface area contributed by atoms with Crippen molar-refractivity contribution < 1.29 is 13.6 Å². The average Bonchev–Trinajstić information content (AvgIpc) is 2.37. The lowest BCUT2D eigenvalue weighted by Crippen LogP contribution is -2.05. The van der Waals surface area contributed by atoms with E-state index < -0.39 is 5.82 Å². The second-order valence-corrected chi connectivity index (χ2v) is 4.49. The molecule has 2 aromatic carbocycles. The first-order chi connectivity index (χ1) is 8.90. The number of carbonyl (C=O) groups is 1. The molecule has 0 saturated carbocycles. The van der Waals surface area contributed by atoms with Crippen LogP contribution >= 0.6 is 0 Å². The highest BCUT2D eigenvalue weighted by molar-refractivity contribution is 6.09. The van der Waals surface area contributed by atoms with Gasteiger partial charge in [0.05, 0.1) is 5.69 Å². The largest absolute Gasteiger partial charge is 0.396 e. The highest BCUT2D eigenvalue weighted by Gasteiger charge is 2.14. The fourth-order valence-electron chi connectivity index (χ4n) is 1.91. The third-order valence-electron chi connectivity index (χ3n) is 2.96. The minimum atomic E-state index is -0.638. The molecule has 0 unspecified atom stereocenters. The van der Waals surface area contributed by atoms with Gasteiger partial charge in [0.1, 0.15) is 11.6 Å². The molecular weight excluding hydrogens is 248 g/mol. The van der Waals surface area contributed by atoms with Crippen molar-refractivity contribution in [2.45, 2.75) is 13.8 Å². The van der Waals surface area contributed by atoms with Crippen molar-refractivity contribution in [1.82, 2.24) is 0 Å². The van der Waals surface area contributed by atoms with Gasteiger partial charge >= 0.3 is 0 Å². The average molecular weight is 261 g/mol. The molecule has 2 rings (SSSR count). The van der Waals surface area contributed by atoms with Gasteiger partial charge in [-0.25, -0.2) is 8.78 Å². The number of anilines is 1. The molecule has 0 radical (unpaired) electrons. The summed E-state index contributed by atoms with van der Waals surface area (Å²) in [6, 6.07) is 6.80. The van der Waals surface area contributed by atoms with Crippen molar-refractivity contribution in [1.29, 1.82) is 0 Å². The highest BCUT2D eigenvalue weighted by Crippen LogP contribution is 2.19. The van der Waals surface area contributed by atoms with Crippen molar-refractivity contribution in [3.05, 3.63) is 64.2 Å². The van der Waals surface area contributed by atoms with Gasteiger partial charge in [-0.2, -0.15) is 0 Å². The Labute approximate surface area is 109 Å². The summed E-state index contributed by atoms with van der Waals surface area (Å²) in [5.41, 5.74) is 6.65. The molecule has 0 saturated heterocycles. The molecule has 0 heterocycles. The Hall–Kier alpha value is -2.23. The molecule has 2 N–H and O–H groups in total. The topological polar surface area (TPSA) is 43.1 Å². The zero-order valence-corrected chi connectivity index (χ0v) is 10.6. The second-order valence-electron chi connectivity index (χ2n) is 4.49. The van der Waals surface area contributed by atoms with Gasteiger partial charge in [0.2, 0.25) is 0 Å². The number of benzene rings is 2. The van der Waals surface area contributed by atoms with Crippen molar-refractivity contribution in [2.24, 2.45) is 0 Å². The normalized spacial score (nSPS) is 10.5. The molecule has 0 fully saturated rings. The van der Waals surface area contributed by atoms with Gasteiger partial charge in [-0.15, -0.1) is 0 Å². The Kier molecular flexibility index (Phi) is 3.34. The molecular formula is C15H13F2NO. The molecule has 2 nitrogen and oxygen atoms in total. The van der Waals surface area contributed by atoms with Crippen LogP contribution in [0.1, 0.15) is 27.0 Å². The number of ketones is 1. The standard InChI is InChI=1S/C15H13F2NO/c1-8-5-11(6-9(2)14(8)17)15(19)10-3-4-13(18)12(16)7-10/h3-7H,18H2,1-2H3. The number of hydrogen-bond donors (Lipinski definition) is 1. The summed E-state index contributed by atoms with van der Waals surface area (Å²) < 4.78 is 26.8. The van der Waals surface area contributed by atoms with Crippen LogP contribution in [-0.2, 0) is 0 Å². The number of carbonyl (C=O) groups excluding carboxylic acids is 1. The predicted molar refractivity (Wildman–Crippen MR) is 70.1 cm³/mol. The number of rotatable bonds is 2. The van der Waals surface area contributed by atoms with Crippen LogP contribution in [0.25, 0.3) is 0 Å². The predicted octanol–water partition coefficient (Wildman–Crippen LogP) is 3.39. The van der Waals surface area contributed by atoms with Crippen LogP contribution in [0, 0.1) is 25.5 Å². The first kappa shape index (κ1) is 13.2. The van der Waals surface area contributed by atoms with E-state index in [1.54, 1.807) is 13.8 Å². The number of halogens is 2. The van der Waals surface area contributed by atoms with Gasteiger partial charge in [0.15, 0.2) is 5.78 Å². The van der Waals surface area contributed by atoms with Crippen LogP contribution in [0.15, 0.2) is 30.3 Å². The molecule has 0 bridgehead atoms. The monoisotopic (exact) mass is 261 g/mol.